The maximum atomic E-state index is 13.7. The molecule has 0 bridgehead atoms. The van der Waals surface area contributed by atoms with Gasteiger partial charge in [0.05, 0.1) is 10.6 Å². The number of halogens is 3. The molecule has 0 radical (unpaired) electrons. The highest BCUT2D eigenvalue weighted by atomic mass is 35.5. The zero-order valence-corrected chi connectivity index (χ0v) is 11.8. The molecule has 0 aliphatic carbocycles. The number of nitrogens with zero attached hydrogens (tertiary/aromatic N) is 1. The minimum atomic E-state index is -0.539. The fourth-order valence-corrected chi connectivity index (χ4v) is 3.13. The molecule has 2 aliphatic heterocycles. The molecule has 2 saturated heterocycles. The molecule has 2 fully saturated rings. The van der Waals surface area contributed by atoms with Gasteiger partial charge in [-0.15, -0.1) is 12.4 Å². The zero-order chi connectivity index (χ0) is 12.7. The van der Waals surface area contributed by atoms with Crippen LogP contribution in [0.15, 0.2) is 18.2 Å². The van der Waals surface area contributed by atoms with Gasteiger partial charge in [-0.2, -0.15) is 0 Å². The second-order valence-corrected chi connectivity index (χ2v) is 5.39. The molecule has 19 heavy (non-hydrogen) atoms. The van der Waals surface area contributed by atoms with Crippen molar-refractivity contribution in [2.75, 3.05) is 26.2 Å². The number of fused-ring (bicyclic) bond motifs is 1. The van der Waals surface area contributed by atoms with Crippen molar-refractivity contribution in [3.05, 3.63) is 34.6 Å². The molecule has 104 valence electrons. The molecule has 1 N–H and O–H groups in total. The summed E-state index contributed by atoms with van der Waals surface area (Å²) in [6, 6.07) is 4.34. The molecule has 2 heterocycles. The van der Waals surface area contributed by atoms with Gasteiger partial charge in [-0.05, 0) is 24.0 Å². The van der Waals surface area contributed by atoms with Crippen molar-refractivity contribution >= 4 is 29.9 Å². The van der Waals surface area contributed by atoms with Crippen LogP contribution < -0.4 is 5.32 Å². The Bertz CT molecular complexity index is 465. The van der Waals surface area contributed by atoms with Crippen molar-refractivity contribution in [3.63, 3.8) is 0 Å². The Labute approximate surface area is 122 Å². The molecular weight excluding hydrogens is 290 g/mol. The van der Waals surface area contributed by atoms with Gasteiger partial charge in [0, 0.05) is 26.2 Å². The third-order valence-electron chi connectivity index (χ3n) is 3.85. The lowest BCUT2D eigenvalue weighted by Gasteiger charge is -2.18. The molecule has 3 rings (SSSR count). The lowest BCUT2D eigenvalue weighted by atomic mass is 10.0. The van der Waals surface area contributed by atoms with Gasteiger partial charge in [0.1, 0.15) is 5.82 Å². The average Bonchev–Trinajstić information content (AvgIpc) is 2.88. The predicted molar refractivity (Wildman–Crippen MR) is 74.4 cm³/mol. The van der Waals surface area contributed by atoms with Gasteiger partial charge in [-0.3, -0.25) is 4.79 Å². The molecule has 0 unspecified atom stereocenters. The number of carbonyl (C=O) groups is 1. The highest BCUT2D eigenvalue weighted by Crippen LogP contribution is 2.29. The maximum absolute atomic E-state index is 13.7. The summed E-state index contributed by atoms with van der Waals surface area (Å²) < 4.78 is 13.7. The molecule has 3 nitrogen and oxygen atoms in total. The van der Waals surface area contributed by atoms with Crippen molar-refractivity contribution in [2.45, 2.75) is 0 Å². The van der Waals surface area contributed by atoms with Crippen LogP contribution in [0.5, 0.6) is 0 Å². The Morgan fingerprint density at radius 1 is 1.32 bits per heavy atom. The third kappa shape index (κ3) is 2.57. The highest BCUT2D eigenvalue weighted by molar-refractivity contribution is 6.33. The summed E-state index contributed by atoms with van der Waals surface area (Å²) in [6.45, 7) is 3.28. The second-order valence-electron chi connectivity index (χ2n) is 4.99. The molecule has 1 aromatic carbocycles. The Kier molecular flexibility index (Phi) is 4.33. The summed E-state index contributed by atoms with van der Waals surface area (Å²) in [5, 5.41) is 3.50. The molecule has 1 aromatic rings. The van der Waals surface area contributed by atoms with Crippen LogP contribution in [-0.2, 0) is 0 Å². The highest BCUT2D eigenvalue weighted by Gasteiger charge is 2.39. The van der Waals surface area contributed by atoms with Crippen LogP contribution in [0.1, 0.15) is 10.4 Å². The molecule has 2 atom stereocenters. The normalized spacial score (nSPS) is 25.1. The SMILES string of the molecule is Cl.O=C(c1c(F)cccc1Cl)N1C[C@H]2CNC[C@H]2C1. The average molecular weight is 305 g/mol. The number of carbonyl (C=O) groups excluding carboxylic acids is 1. The lowest BCUT2D eigenvalue weighted by molar-refractivity contribution is 0.0777. The van der Waals surface area contributed by atoms with Gasteiger partial charge < -0.3 is 10.2 Å². The molecule has 1 amide bonds. The molecule has 0 saturated carbocycles. The first kappa shape index (κ1) is 14.6. The maximum Gasteiger partial charge on any atom is 0.258 e. The van der Waals surface area contributed by atoms with E-state index >= 15 is 0 Å². The van der Waals surface area contributed by atoms with Gasteiger partial charge in [0.2, 0.25) is 0 Å². The van der Waals surface area contributed by atoms with Gasteiger partial charge in [0.15, 0.2) is 0 Å². The fraction of sp³-hybridized carbons (Fsp3) is 0.462. The van der Waals surface area contributed by atoms with E-state index in [-0.39, 0.29) is 28.9 Å². The Hall–Kier alpha value is -0.840. The van der Waals surface area contributed by atoms with E-state index < -0.39 is 5.82 Å². The quantitative estimate of drug-likeness (QED) is 0.862. The first-order valence-corrected chi connectivity index (χ1v) is 6.48. The molecule has 0 aromatic heterocycles. The van der Waals surface area contributed by atoms with E-state index in [0.29, 0.717) is 24.9 Å². The van der Waals surface area contributed by atoms with E-state index in [9.17, 15) is 9.18 Å². The van der Waals surface area contributed by atoms with Crippen LogP contribution in [0.3, 0.4) is 0 Å². The van der Waals surface area contributed by atoms with Crippen molar-refractivity contribution < 1.29 is 9.18 Å². The second kappa shape index (κ2) is 5.65. The number of hydrogen-bond acceptors (Lipinski definition) is 2. The fourth-order valence-electron chi connectivity index (χ4n) is 2.88. The minimum Gasteiger partial charge on any atom is -0.338 e. The van der Waals surface area contributed by atoms with Crippen LogP contribution in [0, 0.1) is 17.7 Å². The number of likely N-dealkylation sites (tertiary alicyclic amines) is 1. The van der Waals surface area contributed by atoms with Crippen molar-refractivity contribution in [2.24, 2.45) is 11.8 Å². The molecule has 6 heteroatoms. The number of hydrogen-bond donors (Lipinski definition) is 1. The van der Waals surface area contributed by atoms with E-state index in [1.807, 2.05) is 0 Å². The van der Waals surface area contributed by atoms with Crippen molar-refractivity contribution in [1.29, 1.82) is 0 Å². The van der Waals surface area contributed by atoms with E-state index in [4.69, 9.17) is 11.6 Å². The van der Waals surface area contributed by atoms with Crippen molar-refractivity contribution in [3.8, 4) is 0 Å². The summed E-state index contributed by atoms with van der Waals surface area (Å²) in [6.07, 6.45) is 0. The van der Waals surface area contributed by atoms with E-state index in [0.717, 1.165) is 13.1 Å². The van der Waals surface area contributed by atoms with Crippen LogP contribution in [-0.4, -0.2) is 37.0 Å². The van der Waals surface area contributed by atoms with Crippen molar-refractivity contribution in [1.82, 2.24) is 10.2 Å². The molecular formula is C13H15Cl2FN2O. The predicted octanol–water partition coefficient (Wildman–Crippen LogP) is 2.19. The monoisotopic (exact) mass is 304 g/mol. The van der Waals surface area contributed by atoms with E-state index in [2.05, 4.69) is 5.32 Å². The Balaban J connectivity index is 0.00000133. The summed E-state index contributed by atoms with van der Waals surface area (Å²) in [4.78, 5) is 14.0. The smallest absolute Gasteiger partial charge is 0.258 e. The Morgan fingerprint density at radius 3 is 2.53 bits per heavy atom. The number of rotatable bonds is 1. The lowest BCUT2D eigenvalue weighted by Crippen LogP contribution is -2.32. The van der Waals surface area contributed by atoms with Crippen LogP contribution in [0.4, 0.5) is 4.39 Å². The summed E-state index contributed by atoms with van der Waals surface area (Å²) in [5.74, 6) is 0.175. The van der Waals surface area contributed by atoms with Crippen LogP contribution in [0.25, 0.3) is 0 Å². The van der Waals surface area contributed by atoms with Gasteiger partial charge in [-0.1, -0.05) is 17.7 Å². The summed E-state index contributed by atoms with van der Waals surface area (Å²) >= 11 is 5.92. The van der Waals surface area contributed by atoms with E-state index in [1.165, 1.54) is 12.1 Å². The molecule has 2 aliphatic rings. The molecule has 0 spiro atoms. The Morgan fingerprint density at radius 2 is 1.95 bits per heavy atom. The minimum absolute atomic E-state index is 0. The summed E-state index contributed by atoms with van der Waals surface area (Å²) in [5.41, 5.74) is 0.00657. The zero-order valence-electron chi connectivity index (χ0n) is 10.2. The largest absolute Gasteiger partial charge is 0.338 e. The van der Waals surface area contributed by atoms with E-state index in [1.54, 1.807) is 11.0 Å². The number of benzene rings is 1. The standard InChI is InChI=1S/C13H14ClFN2O.ClH/c14-10-2-1-3-11(15)12(10)13(18)17-6-8-4-16-5-9(8)7-17;/h1-3,8-9,16H,4-7H2;1H/t8-,9+;. The van der Waals surface area contributed by atoms with Crippen LogP contribution >= 0.6 is 24.0 Å². The number of amides is 1. The third-order valence-corrected chi connectivity index (χ3v) is 4.17. The summed E-state index contributed by atoms with van der Waals surface area (Å²) in [7, 11) is 0. The van der Waals surface area contributed by atoms with Crippen LogP contribution in [0.2, 0.25) is 5.02 Å². The first-order chi connectivity index (χ1) is 8.66. The van der Waals surface area contributed by atoms with Gasteiger partial charge >= 0.3 is 0 Å². The topological polar surface area (TPSA) is 32.3 Å². The number of nitrogens with one attached hydrogen (secondary N) is 1. The van der Waals surface area contributed by atoms with Gasteiger partial charge in [0.25, 0.3) is 5.91 Å². The first-order valence-electron chi connectivity index (χ1n) is 6.11. The van der Waals surface area contributed by atoms with Gasteiger partial charge in [-0.25, -0.2) is 4.39 Å².